The largest absolute Gasteiger partial charge is 0.492 e. The SMILES string of the molecule is [N-]=[N+]=NCCCCCCNC(=O)CCCC(=O)On1c(O)ccc1O. The average molecular weight is 353 g/mol. The molecule has 0 aliphatic rings. The number of aromatic nitrogens is 1. The van der Waals surface area contributed by atoms with Gasteiger partial charge in [0.2, 0.25) is 17.7 Å². The highest BCUT2D eigenvalue weighted by Gasteiger charge is 2.12. The molecule has 0 atom stereocenters. The van der Waals surface area contributed by atoms with Crippen LogP contribution in [0.2, 0.25) is 0 Å². The minimum absolute atomic E-state index is 0.0100. The van der Waals surface area contributed by atoms with Crippen LogP contribution in [0, 0.1) is 0 Å². The highest BCUT2D eigenvalue weighted by molar-refractivity contribution is 5.77. The van der Waals surface area contributed by atoms with Crippen molar-refractivity contribution >= 4 is 11.9 Å². The minimum Gasteiger partial charge on any atom is -0.492 e. The van der Waals surface area contributed by atoms with Crippen LogP contribution in [0.25, 0.3) is 10.4 Å². The fraction of sp³-hybridized carbons (Fsp3) is 0.600. The van der Waals surface area contributed by atoms with Crippen molar-refractivity contribution in [2.45, 2.75) is 44.9 Å². The van der Waals surface area contributed by atoms with Crippen LogP contribution in [0.3, 0.4) is 0 Å². The molecule has 0 saturated heterocycles. The molecule has 3 N–H and O–H groups in total. The lowest BCUT2D eigenvalue weighted by Crippen LogP contribution is -2.25. The molecule has 10 nitrogen and oxygen atoms in total. The van der Waals surface area contributed by atoms with Crippen LogP contribution in [0.15, 0.2) is 17.2 Å². The first-order valence-electron chi connectivity index (χ1n) is 8.13. The van der Waals surface area contributed by atoms with E-state index in [1.807, 2.05) is 0 Å². The van der Waals surface area contributed by atoms with Crippen molar-refractivity contribution in [1.29, 1.82) is 0 Å². The van der Waals surface area contributed by atoms with E-state index in [9.17, 15) is 19.8 Å². The number of nitrogens with zero attached hydrogens (tertiary/aromatic N) is 4. The second-order valence-electron chi connectivity index (χ2n) is 5.38. The first kappa shape index (κ1) is 20.2. The quantitative estimate of drug-likeness (QED) is 0.227. The molecule has 138 valence electrons. The van der Waals surface area contributed by atoms with E-state index in [0.29, 0.717) is 24.2 Å². The van der Waals surface area contributed by atoms with Gasteiger partial charge in [-0.15, -0.1) is 4.73 Å². The van der Waals surface area contributed by atoms with Crippen LogP contribution in [0.5, 0.6) is 11.8 Å². The molecule has 10 heteroatoms. The predicted molar refractivity (Wildman–Crippen MR) is 88.7 cm³/mol. The van der Waals surface area contributed by atoms with Gasteiger partial charge in [0.25, 0.3) is 0 Å². The van der Waals surface area contributed by atoms with Crippen molar-refractivity contribution in [3.8, 4) is 11.8 Å². The summed E-state index contributed by atoms with van der Waals surface area (Å²) in [7, 11) is 0. The normalized spacial score (nSPS) is 10.1. The third-order valence-electron chi connectivity index (χ3n) is 3.35. The van der Waals surface area contributed by atoms with Gasteiger partial charge < -0.3 is 20.4 Å². The van der Waals surface area contributed by atoms with Gasteiger partial charge >= 0.3 is 5.97 Å². The Balaban J connectivity index is 2.04. The molecular formula is C15H23N5O5. The summed E-state index contributed by atoms with van der Waals surface area (Å²) in [6.07, 6.45) is 4.05. The summed E-state index contributed by atoms with van der Waals surface area (Å²) >= 11 is 0. The minimum atomic E-state index is -0.658. The summed E-state index contributed by atoms with van der Waals surface area (Å²) in [5, 5.41) is 24.9. The molecule has 0 spiro atoms. The standard InChI is InChI=1S/C15H23N5O5/c16-19-18-11-4-2-1-3-10-17-12(21)6-5-7-15(24)25-20-13(22)8-9-14(20)23/h8-9,22-23H,1-7,10-11H2,(H,17,21). The zero-order chi connectivity index (χ0) is 18.5. The number of hydrogen-bond acceptors (Lipinski definition) is 6. The van der Waals surface area contributed by atoms with Crippen LogP contribution < -0.4 is 10.2 Å². The monoisotopic (exact) mass is 353 g/mol. The van der Waals surface area contributed by atoms with Crippen molar-refractivity contribution in [3.63, 3.8) is 0 Å². The van der Waals surface area contributed by atoms with E-state index in [2.05, 4.69) is 15.3 Å². The molecule has 0 saturated carbocycles. The molecule has 0 unspecified atom stereocenters. The lowest BCUT2D eigenvalue weighted by Gasteiger charge is -2.07. The predicted octanol–water partition coefficient (Wildman–Crippen LogP) is 2.01. The van der Waals surface area contributed by atoms with Crippen LogP contribution in [-0.2, 0) is 9.59 Å². The van der Waals surface area contributed by atoms with Crippen LogP contribution >= 0.6 is 0 Å². The maximum Gasteiger partial charge on any atom is 0.333 e. The maximum absolute atomic E-state index is 11.6. The summed E-state index contributed by atoms with van der Waals surface area (Å²) in [4.78, 5) is 30.6. The number of amides is 1. The van der Waals surface area contributed by atoms with Crippen molar-refractivity contribution in [2.75, 3.05) is 13.1 Å². The Morgan fingerprint density at radius 3 is 2.48 bits per heavy atom. The molecule has 0 aliphatic heterocycles. The number of nitrogens with one attached hydrogen (secondary N) is 1. The number of aromatic hydroxyl groups is 2. The molecule has 1 heterocycles. The zero-order valence-electron chi connectivity index (χ0n) is 13.9. The number of hydrogen-bond donors (Lipinski definition) is 3. The summed E-state index contributed by atoms with van der Waals surface area (Å²) in [5.74, 6) is -1.57. The molecule has 1 amide bonds. The summed E-state index contributed by atoms with van der Waals surface area (Å²) in [6, 6.07) is 2.37. The first-order chi connectivity index (χ1) is 12.0. The third kappa shape index (κ3) is 8.52. The van der Waals surface area contributed by atoms with Gasteiger partial charge in [-0.3, -0.25) is 4.79 Å². The molecule has 1 aromatic rings. The van der Waals surface area contributed by atoms with Crippen molar-refractivity contribution in [2.24, 2.45) is 5.11 Å². The zero-order valence-corrected chi connectivity index (χ0v) is 13.9. The molecule has 0 aliphatic carbocycles. The van der Waals surface area contributed by atoms with E-state index in [1.165, 1.54) is 12.1 Å². The van der Waals surface area contributed by atoms with Crippen molar-refractivity contribution in [3.05, 3.63) is 22.6 Å². The second kappa shape index (κ2) is 11.6. The van der Waals surface area contributed by atoms with Crippen LogP contribution in [0.4, 0.5) is 0 Å². The molecule has 0 radical (unpaired) electrons. The van der Waals surface area contributed by atoms with Gasteiger partial charge in [-0.2, -0.15) is 0 Å². The molecule has 25 heavy (non-hydrogen) atoms. The van der Waals surface area contributed by atoms with Crippen molar-refractivity contribution < 1.29 is 24.6 Å². The average Bonchev–Trinajstić information content (AvgIpc) is 2.89. The van der Waals surface area contributed by atoms with E-state index in [-0.39, 0.29) is 30.5 Å². The maximum atomic E-state index is 11.6. The molecule has 0 aromatic carbocycles. The number of azide groups is 1. The summed E-state index contributed by atoms with van der Waals surface area (Å²) in [6.45, 7) is 1.06. The van der Waals surface area contributed by atoms with E-state index < -0.39 is 5.97 Å². The Bertz CT molecular complexity index is 590. The van der Waals surface area contributed by atoms with Gasteiger partial charge in [0.15, 0.2) is 0 Å². The molecule has 0 bridgehead atoms. The molecular weight excluding hydrogens is 330 g/mol. The highest BCUT2D eigenvalue weighted by Crippen LogP contribution is 2.18. The second-order valence-corrected chi connectivity index (χ2v) is 5.38. The Morgan fingerprint density at radius 1 is 1.12 bits per heavy atom. The van der Waals surface area contributed by atoms with Gasteiger partial charge in [-0.05, 0) is 24.8 Å². The van der Waals surface area contributed by atoms with Crippen LogP contribution in [-0.4, -0.2) is 39.9 Å². The summed E-state index contributed by atoms with van der Waals surface area (Å²) < 4.78 is 0.615. The van der Waals surface area contributed by atoms with E-state index in [1.54, 1.807) is 0 Å². The summed E-state index contributed by atoms with van der Waals surface area (Å²) in [5.41, 5.74) is 8.12. The fourth-order valence-electron chi connectivity index (χ4n) is 2.06. The van der Waals surface area contributed by atoms with Gasteiger partial charge in [-0.25, -0.2) is 4.79 Å². The van der Waals surface area contributed by atoms with Gasteiger partial charge in [0.05, 0.1) is 0 Å². The third-order valence-corrected chi connectivity index (χ3v) is 3.35. The van der Waals surface area contributed by atoms with Gasteiger partial charge in [0, 0.05) is 43.0 Å². The Hall–Kier alpha value is -2.87. The smallest absolute Gasteiger partial charge is 0.333 e. The number of rotatable bonds is 12. The lowest BCUT2D eigenvalue weighted by molar-refractivity contribution is -0.145. The van der Waals surface area contributed by atoms with E-state index >= 15 is 0 Å². The first-order valence-corrected chi connectivity index (χ1v) is 8.13. The fourth-order valence-corrected chi connectivity index (χ4v) is 2.06. The highest BCUT2D eigenvalue weighted by atomic mass is 16.7. The number of unbranched alkanes of at least 4 members (excludes halogenated alkanes) is 3. The molecule has 0 fully saturated rings. The van der Waals surface area contributed by atoms with Crippen molar-refractivity contribution in [1.82, 2.24) is 10.0 Å². The van der Waals surface area contributed by atoms with E-state index in [0.717, 1.165) is 25.7 Å². The number of carbonyl (C=O) groups is 2. The molecule has 1 aromatic heterocycles. The Labute approximate surface area is 145 Å². The van der Waals surface area contributed by atoms with Gasteiger partial charge in [0.1, 0.15) is 0 Å². The lowest BCUT2D eigenvalue weighted by atomic mass is 10.2. The number of carbonyl (C=O) groups excluding carboxylic acids is 2. The topological polar surface area (TPSA) is 150 Å². The van der Waals surface area contributed by atoms with E-state index in [4.69, 9.17) is 10.4 Å². The Kier molecular flexibility index (Phi) is 9.39. The Morgan fingerprint density at radius 2 is 1.80 bits per heavy atom. The van der Waals surface area contributed by atoms with Gasteiger partial charge in [-0.1, -0.05) is 18.0 Å². The molecule has 1 rings (SSSR count). The van der Waals surface area contributed by atoms with Crippen LogP contribution in [0.1, 0.15) is 44.9 Å².